The number of methoxy groups -OCH3 is 1. The fraction of sp³-hybridized carbons (Fsp3) is 0.120. The molecular formula is C25H19Cl2NO4. The van der Waals surface area contributed by atoms with Crippen LogP contribution in [0.25, 0.3) is 5.76 Å². The van der Waals surface area contributed by atoms with E-state index in [1.54, 1.807) is 42.5 Å². The van der Waals surface area contributed by atoms with Crippen molar-refractivity contribution in [2.24, 2.45) is 0 Å². The van der Waals surface area contributed by atoms with E-state index < -0.39 is 17.7 Å². The molecule has 1 aliphatic heterocycles. The monoisotopic (exact) mass is 467 g/mol. The van der Waals surface area contributed by atoms with Crippen LogP contribution in [0, 0.1) is 6.92 Å². The molecule has 0 aromatic heterocycles. The predicted octanol–water partition coefficient (Wildman–Crippen LogP) is 5.94. The second-order valence-electron chi connectivity index (χ2n) is 7.44. The topological polar surface area (TPSA) is 66.8 Å². The Kier molecular flexibility index (Phi) is 5.96. The molecule has 3 aromatic carbocycles. The number of Topliss-reactive ketones (excluding diaryl/α,β-unsaturated/α-hetero) is 1. The number of halogens is 2. The zero-order chi connectivity index (χ0) is 23.0. The third-order valence-electron chi connectivity index (χ3n) is 5.29. The van der Waals surface area contributed by atoms with Crippen molar-refractivity contribution < 1.29 is 19.4 Å². The van der Waals surface area contributed by atoms with Gasteiger partial charge in [-0.25, -0.2) is 0 Å². The lowest BCUT2D eigenvalue weighted by Gasteiger charge is -2.26. The van der Waals surface area contributed by atoms with Gasteiger partial charge in [-0.3, -0.25) is 14.5 Å². The summed E-state index contributed by atoms with van der Waals surface area (Å²) in [5, 5.41) is 11.8. The highest BCUT2D eigenvalue weighted by molar-refractivity contribution is 6.52. The molecule has 0 spiro atoms. The van der Waals surface area contributed by atoms with E-state index in [2.05, 4.69) is 0 Å². The number of carbonyl (C=O) groups excluding carboxylic acids is 2. The van der Waals surface area contributed by atoms with Crippen LogP contribution < -0.4 is 9.64 Å². The number of aryl methyl sites for hydroxylation is 1. The summed E-state index contributed by atoms with van der Waals surface area (Å²) >= 11 is 12.3. The number of amides is 1. The first kappa shape index (κ1) is 21.9. The van der Waals surface area contributed by atoms with E-state index in [4.69, 9.17) is 27.9 Å². The lowest BCUT2D eigenvalue weighted by atomic mass is 9.94. The number of carbonyl (C=O) groups is 2. The molecular weight excluding hydrogens is 449 g/mol. The summed E-state index contributed by atoms with van der Waals surface area (Å²) in [5.74, 6) is -1.23. The zero-order valence-electron chi connectivity index (χ0n) is 17.3. The molecule has 1 amide bonds. The van der Waals surface area contributed by atoms with Gasteiger partial charge in [0.2, 0.25) is 0 Å². The van der Waals surface area contributed by atoms with Gasteiger partial charge in [0, 0.05) is 21.3 Å². The largest absolute Gasteiger partial charge is 0.507 e. The van der Waals surface area contributed by atoms with Crippen molar-refractivity contribution in [3.8, 4) is 5.75 Å². The van der Waals surface area contributed by atoms with E-state index >= 15 is 0 Å². The van der Waals surface area contributed by atoms with Crippen molar-refractivity contribution >= 4 is 46.3 Å². The molecule has 32 heavy (non-hydrogen) atoms. The van der Waals surface area contributed by atoms with Crippen molar-refractivity contribution in [3.63, 3.8) is 0 Å². The molecule has 4 rings (SSSR count). The summed E-state index contributed by atoms with van der Waals surface area (Å²) in [6.45, 7) is 1.91. The highest BCUT2D eigenvalue weighted by Gasteiger charge is 2.47. The van der Waals surface area contributed by atoms with Gasteiger partial charge in [-0.1, -0.05) is 53.0 Å². The van der Waals surface area contributed by atoms with Gasteiger partial charge < -0.3 is 9.84 Å². The summed E-state index contributed by atoms with van der Waals surface area (Å²) < 4.78 is 5.16. The number of benzene rings is 3. The van der Waals surface area contributed by atoms with Gasteiger partial charge in [0.05, 0.1) is 18.7 Å². The van der Waals surface area contributed by atoms with E-state index in [1.165, 1.54) is 12.0 Å². The minimum atomic E-state index is -0.855. The lowest BCUT2D eigenvalue weighted by molar-refractivity contribution is -0.132. The Morgan fingerprint density at radius 1 is 0.969 bits per heavy atom. The van der Waals surface area contributed by atoms with E-state index in [-0.39, 0.29) is 11.3 Å². The van der Waals surface area contributed by atoms with Gasteiger partial charge in [-0.2, -0.15) is 0 Å². The van der Waals surface area contributed by atoms with Gasteiger partial charge in [-0.15, -0.1) is 0 Å². The standard InChI is InChI=1S/C25H19Cl2NO4/c1-14-4-3-5-16(10-14)22-21(23(29)15-6-8-20(32-2)9-7-15)24(30)25(31)28(22)19-12-17(26)11-18(27)13-19/h3-13,22,29H,1-2H3/b23-21+. The molecule has 1 heterocycles. The number of hydrogen-bond donors (Lipinski definition) is 1. The van der Waals surface area contributed by atoms with Crippen LogP contribution in [0.2, 0.25) is 10.0 Å². The number of ketones is 1. The maximum atomic E-state index is 13.2. The first-order valence-corrected chi connectivity index (χ1v) is 10.5. The summed E-state index contributed by atoms with van der Waals surface area (Å²) in [6.07, 6.45) is 0. The van der Waals surface area contributed by atoms with Crippen LogP contribution in [0.1, 0.15) is 22.7 Å². The molecule has 5 nitrogen and oxygen atoms in total. The number of aliphatic hydroxyl groups is 1. The van der Waals surface area contributed by atoms with Crippen molar-refractivity contribution in [1.29, 1.82) is 0 Å². The highest BCUT2D eigenvalue weighted by atomic mass is 35.5. The van der Waals surface area contributed by atoms with Crippen LogP contribution in [0.3, 0.4) is 0 Å². The summed E-state index contributed by atoms with van der Waals surface area (Å²) in [4.78, 5) is 27.7. The van der Waals surface area contributed by atoms with E-state index in [0.29, 0.717) is 32.6 Å². The van der Waals surface area contributed by atoms with E-state index in [0.717, 1.165) is 5.56 Å². The second kappa shape index (κ2) is 8.69. The van der Waals surface area contributed by atoms with E-state index in [9.17, 15) is 14.7 Å². The van der Waals surface area contributed by atoms with Gasteiger partial charge in [0.15, 0.2) is 0 Å². The Morgan fingerprint density at radius 3 is 2.22 bits per heavy atom. The molecule has 0 aliphatic carbocycles. The smallest absolute Gasteiger partial charge is 0.300 e. The second-order valence-corrected chi connectivity index (χ2v) is 8.31. The van der Waals surface area contributed by atoms with Crippen molar-refractivity contribution in [2.75, 3.05) is 12.0 Å². The minimum absolute atomic E-state index is 0.0122. The van der Waals surface area contributed by atoms with Crippen LogP contribution in [-0.2, 0) is 9.59 Å². The lowest BCUT2D eigenvalue weighted by Crippen LogP contribution is -2.29. The summed E-state index contributed by atoms with van der Waals surface area (Å²) in [7, 11) is 1.54. The molecule has 1 fully saturated rings. The predicted molar refractivity (Wildman–Crippen MR) is 125 cm³/mol. The Bertz CT molecular complexity index is 1230. The summed E-state index contributed by atoms with van der Waals surface area (Å²) in [6, 6.07) is 17.8. The fourth-order valence-electron chi connectivity index (χ4n) is 3.84. The van der Waals surface area contributed by atoms with Crippen molar-refractivity contribution in [1.82, 2.24) is 0 Å². The maximum absolute atomic E-state index is 13.2. The number of aliphatic hydroxyl groups excluding tert-OH is 1. The molecule has 0 saturated carbocycles. The molecule has 1 atom stereocenters. The number of ether oxygens (including phenoxy) is 1. The molecule has 1 unspecified atom stereocenters. The van der Waals surface area contributed by atoms with Crippen molar-refractivity contribution in [2.45, 2.75) is 13.0 Å². The average Bonchev–Trinajstić information content (AvgIpc) is 3.03. The Balaban J connectivity index is 1.95. The molecule has 162 valence electrons. The normalized spacial score (nSPS) is 17.6. The van der Waals surface area contributed by atoms with Gasteiger partial charge in [0.1, 0.15) is 11.5 Å². The van der Waals surface area contributed by atoms with Crippen LogP contribution in [0.4, 0.5) is 5.69 Å². The van der Waals surface area contributed by atoms with Gasteiger partial charge in [0.25, 0.3) is 11.7 Å². The maximum Gasteiger partial charge on any atom is 0.300 e. The van der Waals surface area contributed by atoms with Crippen LogP contribution >= 0.6 is 23.2 Å². The molecule has 1 N–H and O–H groups in total. The summed E-state index contributed by atoms with van der Waals surface area (Å²) in [5.41, 5.74) is 2.37. The Hall–Kier alpha value is -3.28. The number of anilines is 1. The first-order valence-electron chi connectivity index (χ1n) is 9.78. The molecule has 0 bridgehead atoms. The SMILES string of the molecule is COc1ccc(/C(O)=C2\C(=O)C(=O)N(c3cc(Cl)cc(Cl)c3)C2c2cccc(C)c2)cc1. The van der Waals surface area contributed by atoms with Gasteiger partial charge in [-0.05, 0) is 55.0 Å². The molecule has 1 saturated heterocycles. The van der Waals surface area contributed by atoms with Crippen LogP contribution in [-0.4, -0.2) is 23.9 Å². The number of rotatable bonds is 4. The Morgan fingerprint density at radius 2 is 1.62 bits per heavy atom. The minimum Gasteiger partial charge on any atom is -0.507 e. The van der Waals surface area contributed by atoms with Crippen LogP contribution in [0.5, 0.6) is 5.75 Å². The van der Waals surface area contributed by atoms with Crippen LogP contribution in [0.15, 0.2) is 72.3 Å². The Labute approximate surface area is 195 Å². The average molecular weight is 468 g/mol. The molecule has 0 radical (unpaired) electrons. The van der Waals surface area contributed by atoms with E-state index in [1.807, 2.05) is 31.2 Å². The quantitative estimate of drug-likeness (QED) is 0.293. The third-order valence-corrected chi connectivity index (χ3v) is 5.73. The molecule has 7 heteroatoms. The number of hydrogen-bond acceptors (Lipinski definition) is 4. The van der Waals surface area contributed by atoms with Crippen molar-refractivity contribution in [3.05, 3.63) is 99.0 Å². The van der Waals surface area contributed by atoms with Gasteiger partial charge >= 0.3 is 0 Å². The number of nitrogens with zero attached hydrogens (tertiary/aromatic N) is 1. The first-order chi connectivity index (χ1) is 15.3. The molecule has 1 aliphatic rings. The zero-order valence-corrected chi connectivity index (χ0v) is 18.8. The fourth-order valence-corrected chi connectivity index (χ4v) is 4.35. The highest BCUT2D eigenvalue weighted by Crippen LogP contribution is 2.43. The third kappa shape index (κ3) is 3.97. The molecule has 3 aromatic rings.